The largest absolute Gasteiger partial charge is 0.465 e. The maximum absolute atomic E-state index is 12.4. The van der Waals surface area contributed by atoms with Crippen LogP contribution in [0.1, 0.15) is 20.7 Å². The number of anilines is 2. The second-order valence-corrected chi connectivity index (χ2v) is 5.31. The van der Waals surface area contributed by atoms with Gasteiger partial charge < -0.3 is 9.47 Å². The van der Waals surface area contributed by atoms with Gasteiger partial charge in [-0.2, -0.15) is 0 Å². The first-order valence-electron chi connectivity index (χ1n) is 7.53. The topological polar surface area (TPSA) is 93.2 Å². The number of carbonyl (C=O) groups excluding carboxylic acids is 4. The fourth-order valence-corrected chi connectivity index (χ4v) is 2.49. The summed E-state index contributed by atoms with van der Waals surface area (Å²) in [6.07, 6.45) is 0. The summed E-state index contributed by atoms with van der Waals surface area (Å²) in [6, 6.07) is 10.7. The van der Waals surface area contributed by atoms with Gasteiger partial charge in [-0.25, -0.2) is 29.0 Å². The molecular weight excluding hydrogens is 340 g/mol. The lowest BCUT2D eigenvalue weighted by Gasteiger charge is -2.38. The van der Waals surface area contributed by atoms with Crippen LogP contribution in [0.25, 0.3) is 0 Å². The summed E-state index contributed by atoms with van der Waals surface area (Å²) in [5, 5.41) is 0. The van der Waals surface area contributed by atoms with Gasteiger partial charge in [-0.1, -0.05) is 0 Å². The lowest BCUT2D eigenvalue weighted by Crippen LogP contribution is -2.64. The van der Waals surface area contributed by atoms with Crippen LogP contribution in [0, 0.1) is 0 Å². The van der Waals surface area contributed by atoms with Gasteiger partial charge in [0.25, 0.3) is 0 Å². The first kappa shape index (κ1) is 17.2. The molecule has 1 fully saturated rings. The number of methoxy groups -OCH3 is 2. The molecule has 3 rings (SSSR count). The molecule has 0 unspecified atom stereocenters. The average molecular weight is 354 g/mol. The van der Waals surface area contributed by atoms with Crippen molar-refractivity contribution in [1.82, 2.24) is 0 Å². The third-order valence-corrected chi connectivity index (χ3v) is 3.86. The maximum atomic E-state index is 12.4. The molecular formula is C18H14N2O6. The van der Waals surface area contributed by atoms with Crippen molar-refractivity contribution in [3.05, 3.63) is 59.7 Å². The van der Waals surface area contributed by atoms with E-state index in [-0.39, 0.29) is 0 Å². The van der Waals surface area contributed by atoms with E-state index in [1.54, 1.807) is 0 Å². The average Bonchev–Trinajstić information content (AvgIpc) is 2.68. The second-order valence-electron chi connectivity index (χ2n) is 5.31. The van der Waals surface area contributed by atoms with Crippen molar-refractivity contribution in [3.8, 4) is 0 Å². The number of hydrogen-bond donors (Lipinski definition) is 0. The highest BCUT2D eigenvalue weighted by Crippen LogP contribution is 2.30. The molecule has 1 aliphatic heterocycles. The molecule has 0 N–H and O–H groups in total. The molecule has 132 valence electrons. The number of ether oxygens (including phenoxy) is 2. The molecule has 0 atom stereocenters. The molecule has 1 aliphatic rings. The first-order chi connectivity index (χ1) is 12.5. The van der Waals surface area contributed by atoms with E-state index in [0.29, 0.717) is 22.5 Å². The molecule has 0 spiro atoms. The van der Waals surface area contributed by atoms with Crippen LogP contribution in [-0.4, -0.2) is 38.2 Å². The molecule has 0 radical (unpaired) electrons. The van der Waals surface area contributed by atoms with Gasteiger partial charge in [-0.15, -0.1) is 0 Å². The molecule has 0 aliphatic carbocycles. The highest BCUT2D eigenvalue weighted by Gasteiger charge is 2.45. The molecule has 4 amide bonds. The third kappa shape index (κ3) is 2.77. The van der Waals surface area contributed by atoms with Crippen LogP contribution in [0.3, 0.4) is 0 Å². The summed E-state index contributed by atoms with van der Waals surface area (Å²) in [5.74, 6) is -1.02. The lowest BCUT2D eigenvalue weighted by molar-refractivity contribution is 0.0592. The van der Waals surface area contributed by atoms with Gasteiger partial charge in [-0.05, 0) is 48.5 Å². The van der Waals surface area contributed by atoms with Crippen molar-refractivity contribution in [2.45, 2.75) is 0 Å². The van der Waals surface area contributed by atoms with Crippen LogP contribution in [0.15, 0.2) is 48.5 Å². The van der Waals surface area contributed by atoms with Crippen LogP contribution >= 0.6 is 0 Å². The van der Waals surface area contributed by atoms with Crippen molar-refractivity contribution < 1.29 is 28.7 Å². The molecule has 8 heteroatoms. The molecule has 2 aromatic rings. The predicted octanol–water partition coefficient (Wildman–Crippen LogP) is 2.83. The standard InChI is InChI=1S/C18H14N2O6/c1-25-15(21)11-3-7-13(8-4-11)19-17(23)20(18(19)24)14-9-5-12(6-10-14)16(22)26-2/h3-10H,1-2H3. The number of nitrogens with zero attached hydrogens (tertiary/aromatic N) is 2. The number of carbonyl (C=O) groups is 4. The third-order valence-electron chi connectivity index (χ3n) is 3.86. The number of benzene rings is 2. The summed E-state index contributed by atoms with van der Waals surface area (Å²) in [5.41, 5.74) is 1.31. The Kier molecular flexibility index (Phi) is 4.40. The number of hydrogen-bond acceptors (Lipinski definition) is 6. The van der Waals surface area contributed by atoms with E-state index in [0.717, 1.165) is 9.80 Å². The zero-order valence-corrected chi connectivity index (χ0v) is 14.0. The molecule has 0 bridgehead atoms. The van der Waals surface area contributed by atoms with Crippen molar-refractivity contribution in [1.29, 1.82) is 0 Å². The van der Waals surface area contributed by atoms with E-state index in [9.17, 15) is 19.2 Å². The summed E-state index contributed by atoms with van der Waals surface area (Å²) in [4.78, 5) is 49.6. The summed E-state index contributed by atoms with van der Waals surface area (Å²) >= 11 is 0. The quantitative estimate of drug-likeness (QED) is 0.784. The Morgan fingerprint density at radius 3 is 1.23 bits per heavy atom. The van der Waals surface area contributed by atoms with Gasteiger partial charge in [0, 0.05) is 0 Å². The van der Waals surface area contributed by atoms with Crippen LogP contribution in [0.4, 0.5) is 21.0 Å². The van der Waals surface area contributed by atoms with E-state index in [1.165, 1.54) is 62.8 Å². The minimum Gasteiger partial charge on any atom is -0.465 e. The Morgan fingerprint density at radius 1 is 0.654 bits per heavy atom. The number of urea groups is 2. The van der Waals surface area contributed by atoms with Crippen molar-refractivity contribution in [2.24, 2.45) is 0 Å². The molecule has 8 nitrogen and oxygen atoms in total. The Labute approximate surface area is 148 Å². The Hall–Kier alpha value is -3.68. The number of amides is 4. The van der Waals surface area contributed by atoms with Crippen molar-refractivity contribution in [3.63, 3.8) is 0 Å². The monoisotopic (exact) mass is 354 g/mol. The van der Waals surface area contributed by atoms with Crippen LogP contribution in [0.5, 0.6) is 0 Å². The van der Waals surface area contributed by atoms with E-state index >= 15 is 0 Å². The van der Waals surface area contributed by atoms with Gasteiger partial charge >= 0.3 is 24.0 Å². The number of esters is 2. The summed E-state index contributed by atoms with van der Waals surface area (Å²) < 4.78 is 9.20. The summed E-state index contributed by atoms with van der Waals surface area (Å²) in [7, 11) is 2.53. The SMILES string of the molecule is COC(=O)c1ccc(N2C(=O)N(c3ccc(C(=O)OC)cc3)C2=O)cc1. The van der Waals surface area contributed by atoms with Gasteiger partial charge in [-0.3, -0.25) is 0 Å². The van der Waals surface area contributed by atoms with Crippen LogP contribution in [-0.2, 0) is 9.47 Å². The molecule has 1 heterocycles. The minimum absolute atomic E-state index is 0.312. The summed E-state index contributed by atoms with van der Waals surface area (Å²) in [6.45, 7) is 0. The smallest absolute Gasteiger partial charge is 0.345 e. The number of rotatable bonds is 4. The molecule has 26 heavy (non-hydrogen) atoms. The van der Waals surface area contributed by atoms with Crippen LogP contribution < -0.4 is 9.80 Å². The normalized spacial score (nSPS) is 13.3. The zero-order chi connectivity index (χ0) is 18.8. The highest BCUT2D eigenvalue weighted by atomic mass is 16.5. The van der Waals surface area contributed by atoms with Gasteiger partial charge in [0.05, 0.1) is 36.7 Å². The Balaban J connectivity index is 1.77. The molecule has 2 aromatic carbocycles. The zero-order valence-electron chi connectivity index (χ0n) is 14.0. The maximum Gasteiger partial charge on any atom is 0.345 e. The molecule has 0 aromatic heterocycles. The Bertz CT molecular complexity index is 801. The van der Waals surface area contributed by atoms with Gasteiger partial charge in [0.1, 0.15) is 0 Å². The predicted molar refractivity (Wildman–Crippen MR) is 91.3 cm³/mol. The molecule has 1 saturated heterocycles. The van der Waals surface area contributed by atoms with E-state index in [1.807, 2.05) is 0 Å². The second kappa shape index (κ2) is 6.67. The minimum atomic E-state index is -0.536. The van der Waals surface area contributed by atoms with Crippen molar-refractivity contribution >= 4 is 35.4 Å². The van der Waals surface area contributed by atoms with E-state index in [4.69, 9.17) is 0 Å². The molecule has 0 saturated carbocycles. The fourth-order valence-electron chi connectivity index (χ4n) is 2.49. The van der Waals surface area contributed by atoms with E-state index < -0.39 is 24.0 Å². The van der Waals surface area contributed by atoms with E-state index in [2.05, 4.69) is 9.47 Å². The fraction of sp³-hybridized carbons (Fsp3) is 0.111. The highest BCUT2D eigenvalue weighted by molar-refractivity contribution is 6.41. The lowest BCUT2D eigenvalue weighted by atomic mass is 10.1. The van der Waals surface area contributed by atoms with Crippen LogP contribution in [0.2, 0.25) is 0 Å². The number of imide groups is 2. The van der Waals surface area contributed by atoms with Crippen molar-refractivity contribution in [2.75, 3.05) is 24.0 Å². The Morgan fingerprint density at radius 2 is 0.962 bits per heavy atom. The van der Waals surface area contributed by atoms with Gasteiger partial charge in [0.2, 0.25) is 0 Å². The first-order valence-corrected chi connectivity index (χ1v) is 7.53. The van der Waals surface area contributed by atoms with Gasteiger partial charge in [0.15, 0.2) is 0 Å².